The van der Waals surface area contributed by atoms with Gasteiger partial charge in [0.05, 0.1) is 11.4 Å². The van der Waals surface area contributed by atoms with Gasteiger partial charge in [0.1, 0.15) is 0 Å². The minimum atomic E-state index is 0.658. The molecule has 0 aliphatic carbocycles. The van der Waals surface area contributed by atoms with E-state index in [2.05, 4.69) is 29.5 Å². The van der Waals surface area contributed by atoms with Crippen LogP contribution >= 0.6 is 0 Å². The highest BCUT2D eigenvalue weighted by atomic mass is 15.3. The van der Waals surface area contributed by atoms with Crippen molar-refractivity contribution in [2.24, 2.45) is 5.73 Å². The third-order valence-corrected chi connectivity index (χ3v) is 3.06. The van der Waals surface area contributed by atoms with Gasteiger partial charge in [-0.3, -0.25) is 0 Å². The summed E-state index contributed by atoms with van der Waals surface area (Å²) in [6.45, 7) is 6.46. The number of nitrogens with two attached hydrogens (primary N) is 1. The molecule has 96 valence electrons. The smallest absolute Gasteiger partial charge is 0.0648 e. The van der Waals surface area contributed by atoms with Crippen LogP contribution in [0.2, 0.25) is 0 Å². The third kappa shape index (κ3) is 2.60. The van der Waals surface area contributed by atoms with E-state index in [4.69, 9.17) is 5.73 Å². The van der Waals surface area contributed by atoms with Crippen molar-refractivity contribution in [1.82, 2.24) is 15.1 Å². The molecular weight excluding hydrogens is 224 g/mol. The summed E-state index contributed by atoms with van der Waals surface area (Å²) >= 11 is 0. The van der Waals surface area contributed by atoms with E-state index in [0.717, 1.165) is 24.5 Å². The van der Waals surface area contributed by atoms with Gasteiger partial charge in [0, 0.05) is 30.9 Å². The van der Waals surface area contributed by atoms with E-state index < -0.39 is 0 Å². The van der Waals surface area contributed by atoms with Crippen LogP contribution in [0.4, 0.5) is 0 Å². The molecule has 0 fully saturated rings. The molecule has 3 N–H and O–H groups in total. The monoisotopic (exact) mass is 244 g/mol. The zero-order valence-corrected chi connectivity index (χ0v) is 11.0. The summed E-state index contributed by atoms with van der Waals surface area (Å²) in [4.78, 5) is 0. The van der Waals surface area contributed by atoms with E-state index in [1.807, 2.05) is 29.8 Å². The van der Waals surface area contributed by atoms with Crippen molar-refractivity contribution in [3.63, 3.8) is 0 Å². The molecule has 0 saturated carbocycles. The van der Waals surface area contributed by atoms with Crippen molar-refractivity contribution >= 4 is 0 Å². The molecule has 0 unspecified atom stereocenters. The van der Waals surface area contributed by atoms with E-state index >= 15 is 0 Å². The Labute approximate surface area is 108 Å². The van der Waals surface area contributed by atoms with Crippen LogP contribution in [0.25, 0.3) is 5.69 Å². The highest BCUT2D eigenvalue weighted by Gasteiger charge is 2.11. The molecule has 0 bridgehead atoms. The minimum absolute atomic E-state index is 0.658. The number of aryl methyl sites for hydroxylation is 1. The molecule has 1 heterocycles. The number of hydrogen-bond acceptors (Lipinski definition) is 3. The fourth-order valence-corrected chi connectivity index (χ4v) is 2.07. The average Bonchev–Trinajstić information content (AvgIpc) is 2.68. The summed E-state index contributed by atoms with van der Waals surface area (Å²) in [6, 6.07) is 10.2. The summed E-state index contributed by atoms with van der Waals surface area (Å²) in [5, 5.41) is 7.92. The van der Waals surface area contributed by atoms with Crippen LogP contribution in [0.3, 0.4) is 0 Å². The molecule has 2 rings (SSSR count). The van der Waals surface area contributed by atoms with Gasteiger partial charge in [0.25, 0.3) is 0 Å². The molecule has 4 nitrogen and oxygen atoms in total. The number of nitrogens with one attached hydrogen (secondary N) is 1. The Kier molecular flexibility index (Phi) is 4.12. The standard InChI is InChI=1S/C14H20N4/c1-11-14(10-16-9-8-15)12(2)18(17-11)13-6-4-3-5-7-13/h3-7,16H,8-10,15H2,1-2H3. The average molecular weight is 244 g/mol. The van der Waals surface area contributed by atoms with E-state index in [9.17, 15) is 0 Å². The SMILES string of the molecule is Cc1nn(-c2ccccc2)c(C)c1CNCCN. The van der Waals surface area contributed by atoms with Gasteiger partial charge in [-0.25, -0.2) is 4.68 Å². The van der Waals surface area contributed by atoms with Gasteiger partial charge in [0.15, 0.2) is 0 Å². The first-order chi connectivity index (χ1) is 8.74. The summed E-state index contributed by atoms with van der Waals surface area (Å²) in [6.07, 6.45) is 0. The molecule has 0 saturated heterocycles. The van der Waals surface area contributed by atoms with Gasteiger partial charge in [-0.1, -0.05) is 18.2 Å². The van der Waals surface area contributed by atoms with Crippen molar-refractivity contribution in [3.05, 3.63) is 47.3 Å². The van der Waals surface area contributed by atoms with Crippen molar-refractivity contribution in [1.29, 1.82) is 0 Å². The van der Waals surface area contributed by atoms with Crippen molar-refractivity contribution < 1.29 is 0 Å². The topological polar surface area (TPSA) is 55.9 Å². The predicted octanol–water partition coefficient (Wildman–Crippen LogP) is 1.54. The van der Waals surface area contributed by atoms with Crippen LogP contribution in [0.5, 0.6) is 0 Å². The molecule has 4 heteroatoms. The highest BCUT2D eigenvalue weighted by molar-refractivity contribution is 5.36. The van der Waals surface area contributed by atoms with Crippen LogP contribution in [0, 0.1) is 13.8 Å². The molecule has 0 spiro atoms. The van der Waals surface area contributed by atoms with E-state index in [1.165, 1.54) is 11.3 Å². The first-order valence-electron chi connectivity index (χ1n) is 6.25. The van der Waals surface area contributed by atoms with Crippen LogP contribution in [0.1, 0.15) is 17.0 Å². The quantitative estimate of drug-likeness (QED) is 0.784. The zero-order chi connectivity index (χ0) is 13.0. The number of benzene rings is 1. The summed E-state index contributed by atoms with van der Waals surface area (Å²) in [5.74, 6) is 0. The van der Waals surface area contributed by atoms with Gasteiger partial charge in [-0.2, -0.15) is 5.10 Å². The van der Waals surface area contributed by atoms with Crippen molar-refractivity contribution in [2.75, 3.05) is 13.1 Å². The molecule has 1 aromatic carbocycles. The molecular formula is C14H20N4. The number of aromatic nitrogens is 2. The second-order valence-electron chi connectivity index (χ2n) is 4.36. The largest absolute Gasteiger partial charge is 0.329 e. The predicted molar refractivity (Wildman–Crippen MR) is 73.8 cm³/mol. The Hall–Kier alpha value is -1.65. The van der Waals surface area contributed by atoms with Gasteiger partial charge >= 0.3 is 0 Å². The summed E-state index contributed by atoms with van der Waals surface area (Å²) < 4.78 is 1.99. The Bertz CT molecular complexity index is 502. The van der Waals surface area contributed by atoms with Gasteiger partial charge in [0.2, 0.25) is 0 Å². The van der Waals surface area contributed by atoms with Gasteiger partial charge in [-0.15, -0.1) is 0 Å². The minimum Gasteiger partial charge on any atom is -0.329 e. The molecule has 1 aromatic heterocycles. The second kappa shape index (κ2) is 5.80. The van der Waals surface area contributed by atoms with Crippen LogP contribution in [-0.2, 0) is 6.54 Å². The number of rotatable bonds is 5. The lowest BCUT2D eigenvalue weighted by Crippen LogP contribution is -2.22. The molecule has 0 aliphatic rings. The normalized spacial score (nSPS) is 10.8. The molecule has 18 heavy (non-hydrogen) atoms. The number of para-hydroxylation sites is 1. The van der Waals surface area contributed by atoms with Crippen LogP contribution < -0.4 is 11.1 Å². The molecule has 0 atom stereocenters. The number of nitrogens with zero attached hydrogens (tertiary/aromatic N) is 2. The number of hydrogen-bond donors (Lipinski definition) is 2. The molecule has 0 amide bonds. The zero-order valence-electron chi connectivity index (χ0n) is 11.0. The maximum absolute atomic E-state index is 5.48. The lowest BCUT2D eigenvalue weighted by Gasteiger charge is -2.06. The highest BCUT2D eigenvalue weighted by Crippen LogP contribution is 2.17. The maximum Gasteiger partial charge on any atom is 0.0648 e. The lowest BCUT2D eigenvalue weighted by atomic mass is 10.2. The van der Waals surface area contributed by atoms with E-state index in [0.29, 0.717) is 6.54 Å². The second-order valence-corrected chi connectivity index (χ2v) is 4.36. The molecule has 0 aliphatic heterocycles. The summed E-state index contributed by atoms with van der Waals surface area (Å²) in [5.41, 5.74) is 10.1. The molecule has 2 aromatic rings. The van der Waals surface area contributed by atoms with Gasteiger partial charge < -0.3 is 11.1 Å². The van der Waals surface area contributed by atoms with E-state index in [1.54, 1.807) is 0 Å². The van der Waals surface area contributed by atoms with Gasteiger partial charge in [-0.05, 0) is 26.0 Å². The fraction of sp³-hybridized carbons (Fsp3) is 0.357. The Morgan fingerprint density at radius 1 is 1.22 bits per heavy atom. The van der Waals surface area contributed by atoms with Crippen LogP contribution in [-0.4, -0.2) is 22.9 Å². The Morgan fingerprint density at radius 3 is 2.61 bits per heavy atom. The van der Waals surface area contributed by atoms with Crippen LogP contribution in [0.15, 0.2) is 30.3 Å². The van der Waals surface area contributed by atoms with Crippen molar-refractivity contribution in [2.45, 2.75) is 20.4 Å². The maximum atomic E-state index is 5.48. The first kappa shape index (κ1) is 12.8. The Morgan fingerprint density at radius 2 is 1.94 bits per heavy atom. The first-order valence-corrected chi connectivity index (χ1v) is 6.25. The Balaban J connectivity index is 2.26. The van der Waals surface area contributed by atoms with Crippen molar-refractivity contribution in [3.8, 4) is 5.69 Å². The summed E-state index contributed by atoms with van der Waals surface area (Å²) in [7, 11) is 0. The molecule has 0 radical (unpaired) electrons. The third-order valence-electron chi connectivity index (χ3n) is 3.06. The lowest BCUT2D eigenvalue weighted by molar-refractivity contribution is 0.689. The van der Waals surface area contributed by atoms with E-state index in [-0.39, 0.29) is 0 Å². The fourth-order valence-electron chi connectivity index (χ4n) is 2.07.